The summed E-state index contributed by atoms with van der Waals surface area (Å²) in [4.78, 5) is 35.2. The number of nitrogens with zero attached hydrogens (tertiary/aromatic N) is 3. The molecule has 1 fully saturated rings. The van der Waals surface area contributed by atoms with Crippen LogP contribution in [-0.4, -0.2) is 53.0 Å². The lowest BCUT2D eigenvalue weighted by atomic mass is 10.0. The molecular weight excluding hydrogens is 454 g/mol. The predicted octanol–water partition coefficient (Wildman–Crippen LogP) is 2.83. The largest absolute Gasteiger partial charge is 0.378 e. The number of benzene rings is 2. The van der Waals surface area contributed by atoms with Crippen molar-refractivity contribution < 1.29 is 14.3 Å². The molecule has 0 spiro atoms. The molecule has 1 aromatic heterocycles. The average Bonchev–Trinajstić information content (AvgIpc) is 2.86. The van der Waals surface area contributed by atoms with E-state index in [0.29, 0.717) is 55.9 Å². The van der Waals surface area contributed by atoms with E-state index in [1.54, 1.807) is 11.0 Å². The number of nitrogens with two attached hydrogens (primary N) is 1. The third kappa shape index (κ3) is 6.09. The zero-order valence-electron chi connectivity index (χ0n) is 18.7. The fraction of sp³-hybridized carbons (Fsp3) is 0.280. The molecule has 8 nitrogen and oxygen atoms in total. The number of nitrogens with one attached hydrogen (secondary N) is 1. The predicted molar refractivity (Wildman–Crippen MR) is 130 cm³/mol. The van der Waals surface area contributed by atoms with Gasteiger partial charge in [0.05, 0.1) is 25.2 Å². The molecule has 3 N–H and O–H groups in total. The highest BCUT2D eigenvalue weighted by Crippen LogP contribution is 2.21. The third-order valence-electron chi connectivity index (χ3n) is 5.58. The van der Waals surface area contributed by atoms with Crippen LogP contribution in [0.5, 0.6) is 0 Å². The van der Waals surface area contributed by atoms with E-state index in [0.717, 1.165) is 16.7 Å². The van der Waals surface area contributed by atoms with Crippen molar-refractivity contribution in [3.63, 3.8) is 0 Å². The first-order valence-corrected chi connectivity index (χ1v) is 11.4. The summed E-state index contributed by atoms with van der Waals surface area (Å²) in [6, 6.07) is 15.4. The molecule has 2 heterocycles. The van der Waals surface area contributed by atoms with E-state index in [4.69, 9.17) is 22.1 Å². The van der Waals surface area contributed by atoms with Crippen LogP contribution in [0.1, 0.15) is 32.9 Å². The summed E-state index contributed by atoms with van der Waals surface area (Å²) in [6.07, 6.45) is 2.07. The van der Waals surface area contributed by atoms with Crippen molar-refractivity contribution >= 4 is 29.2 Å². The molecule has 3 aromatic rings. The number of primary amides is 1. The van der Waals surface area contributed by atoms with Crippen molar-refractivity contribution in [1.82, 2.24) is 14.9 Å². The van der Waals surface area contributed by atoms with Gasteiger partial charge in [-0.3, -0.25) is 9.59 Å². The van der Waals surface area contributed by atoms with Crippen LogP contribution in [0.2, 0.25) is 5.02 Å². The highest BCUT2D eigenvalue weighted by Gasteiger charge is 2.19. The van der Waals surface area contributed by atoms with E-state index in [1.807, 2.05) is 42.5 Å². The number of morpholine rings is 1. The summed E-state index contributed by atoms with van der Waals surface area (Å²) in [6.45, 7) is 2.79. The SMILES string of the molecule is NC(=O)c1cnc(Cc2ccc(Cl)c(CC(=O)N3CCOCC3)c2)nc1NCc1ccccc1. The molecule has 34 heavy (non-hydrogen) atoms. The van der Waals surface area contributed by atoms with Gasteiger partial charge in [0.25, 0.3) is 5.91 Å². The summed E-state index contributed by atoms with van der Waals surface area (Å²) < 4.78 is 5.32. The molecule has 4 rings (SSSR count). The number of carbonyl (C=O) groups is 2. The monoisotopic (exact) mass is 479 g/mol. The standard InChI is InChI=1S/C25H26ClN5O3/c26-21-7-6-18(12-19(21)14-23(32)31-8-10-34-11-9-31)13-22-28-16-20(24(27)33)25(30-22)29-15-17-4-2-1-3-5-17/h1-7,12,16H,8-11,13-15H2,(H2,27,33)(H,28,29,30). The summed E-state index contributed by atoms with van der Waals surface area (Å²) in [7, 11) is 0. The first-order chi connectivity index (χ1) is 16.5. The highest BCUT2D eigenvalue weighted by atomic mass is 35.5. The van der Waals surface area contributed by atoms with E-state index in [9.17, 15) is 9.59 Å². The van der Waals surface area contributed by atoms with Gasteiger partial charge in [-0.05, 0) is 22.8 Å². The Balaban J connectivity index is 1.49. The molecule has 0 saturated carbocycles. The minimum absolute atomic E-state index is 0.0248. The van der Waals surface area contributed by atoms with Gasteiger partial charge in [-0.1, -0.05) is 54.1 Å². The zero-order valence-corrected chi connectivity index (χ0v) is 19.4. The Labute approximate surface area is 203 Å². The Morgan fingerprint density at radius 2 is 1.85 bits per heavy atom. The second-order valence-electron chi connectivity index (χ2n) is 8.02. The topological polar surface area (TPSA) is 110 Å². The van der Waals surface area contributed by atoms with E-state index >= 15 is 0 Å². The Morgan fingerprint density at radius 1 is 1.09 bits per heavy atom. The van der Waals surface area contributed by atoms with Gasteiger partial charge in [-0.25, -0.2) is 9.97 Å². The van der Waals surface area contributed by atoms with Gasteiger partial charge in [-0.2, -0.15) is 0 Å². The highest BCUT2D eigenvalue weighted by molar-refractivity contribution is 6.31. The van der Waals surface area contributed by atoms with Crippen molar-refractivity contribution in [2.75, 3.05) is 31.6 Å². The molecule has 9 heteroatoms. The number of halogens is 1. The Hall–Kier alpha value is -3.49. The number of ether oxygens (including phenoxy) is 1. The molecule has 1 saturated heterocycles. The van der Waals surface area contributed by atoms with Crippen molar-refractivity contribution in [2.45, 2.75) is 19.4 Å². The second-order valence-corrected chi connectivity index (χ2v) is 8.43. The van der Waals surface area contributed by atoms with Gasteiger partial charge < -0.3 is 20.7 Å². The zero-order chi connectivity index (χ0) is 23.9. The number of hydrogen-bond acceptors (Lipinski definition) is 6. The molecule has 0 unspecified atom stereocenters. The van der Waals surface area contributed by atoms with Crippen LogP contribution >= 0.6 is 11.6 Å². The lowest BCUT2D eigenvalue weighted by Gasteiger charge is -2.27. The van der Waals surface area contributed by atoms with Crippen LogP contribution in [0.4, 0.5) is 5.82 Å². The van der Waals surface area contributed by atoms with Crippen LogP contribution in [0.3, 0.4) is 0 Å². The van der Waals surface area contributed by atoms with Crippen molar-refractivity contribution in [3.05, 3.63) is 87.8 Å². The lowest BCUT2D eigenvalue weighted by Crippen LogP contribution is -2.41. The molecule has 0 radical (unpaired) electrons. The van der Waals surface area contributed by atoms with E-state index < -0.39 is 5.91 Å². The summed E-state index contributed by atoms with van der Waals surface area (Å²) >= 11 is 6.37. The number of rotatable bonds is 8. The normalized spacial score (nSPS) is 13.5. The first-order valence-electron chi connectivity index (χ1n) is 11.1. The quantitative estimate of drug-likeness (QED) is 0.514. The molecule has 2 aromatic carbocycles. The van der Waals surface area contributed by atoms with Gasteiger partial charge >= 0.3 is 0 Å². The molecular formula is C25H26ClN5O3. The summed E-state index contributed by atoms with van der Waals surface area (Å²) in [5.74, 6) is 0.334. The number of carbonyl (C=O) groups excluding carboxylic acids is 2. The fourth-order valence-corrected chi connectivity index (χ4v) is 3.93. The molecule has 0 aliphatic carbocycles. The smallest absolute Gasteiger partial charge is 0.254 e. The van der Waals surface area contributed by atoms with Crippen molar-refractivity contribution in [2.24, 2.45) is 5.73 Å². The maximum atomic E-state index is 12.7. The molecule has 1 aliphatic rings. The minimum Gasteiger partial charge on any atom is -0.378 e. The number of anilines is 1. The van der Waals surface area contributed by atoms with Gasteiger partial charge in [0.15, 0.2) is 0 Å². The summed E-state index contributed by atoms with van der Waals surface area (Å²) in [5, 5.41) is 3.73. The first kappa shape index (κ1) is 23.7. The molecule has 0 bridgehead atoms. The van der Waals surface area contributed by atoms with Gasteiger partial charge in [0.2, 0.25) is 5.91 Å². The maximum absolute atomic E-state index is 12.7. The lowest BCUT2D eigenvalue weighted by molar-refractivity contribution is -0.134. The number of hydrogen-bond donors (Lipinski definition) is 2. The van der Waals surface area contributed by atoms with Gasteiger partial charge in [-0.15, -0.1) is 0 Å². The van der Waals surface area contributed by atoms with Crippen LogP contribution in [0.25, 0.3) is 0 Å². The van der Waals surface area contributed by atoms with Gasteiger partial charge in [0, 0.05) is 37.3 Å². The van der Waals surface area contributed by atoms with E-state index in [2.05, 4.69) is 15.3 Å². The van der Waals surface area contributed by atoms with Crippen molar-refractivity contribution in [1.29, 1.82) is 0 Å². The second kappa shape index (κ2) is 11.1. The average molecular weight is 480 g/mol. The van der Waals surface area contributed by atoms with Crippen LogP contribution in [-0.2, 0) is 28.9 Å². The molecule has 0 atom stereocenters. The van der Waals surface area contributed by atoms with Crippen LogP contribution in [0, 0.1) is 0 Å². The molecule has 176 valence electrons. The fourth-order valence-electron chi connectivity index (χ4n) is 3.74. The Bertz CT molecular complexity index is 1170. The van der Waals surface area contributed by atoms with Crippen molar-refractivity contribution in [3.8, 4) is 0 Å². The number of aromatic nitrogens is 2. The summed E-state index contributed by atoms with van der Waals surface area (Å²) in [5.41, 5.74) is 8.46. The van der Waals surface area contributed by atoms with Gasteiger partial charge in [0.1, 0.15) is 11.6 Å². The third-order valence-corrected chi connectivity index (χ3v) is 5.95. The Morgan fingerprint density at radius 3 is 2.59 bits per heavy atom. The minimum atomic E-state index is -0.600. The van der Waals surface area contributed by atoms with Crippen LogP contribution in [0.15, 0.2) is 54.7 Å². The maximum Gasteiger partial charge on any atom is 0.254 e. The van der Waals surface area contributed by atoms with E-state index in [-0.39, 0.29) is 17.9 Å². The Kier molecular flexibility index (Phi) is 7.72. The molecule has 2 amide bonds. The number of amides is 2. The van der Waals surface area contributed by atoms with E-state index in [1.165, 1.54) is 6.20 Å². The molecule has 1 aliphatic heterocycles. The van der Waals surface area contributed by atoms with Crippen LogP contribution < -0.4 is 11.1 Å².